The molecule has 0 heterocycles. The molecule has 0 spiro atoms. The summed E-state index contributed by atoms with van der Waals surface area (Å²) in [5.41, 5.74) is 1.46. The molecular formula is C24H20Br2N5NaO7S. The standard InChI is InChI=1S/C24H21Br2N5O7S.Na/c1-13(32)22(24(33)27-20-9-6-16(35-2)12-21(20)36-3)30-31-23-18(25)10-15(11-19(23)26)29-28-14-4-7-17(8-5-14)39-38-37-34;/h4-12,32,34H,1-3H3,(H,27,33);/q;+1/p-1/b22-13+,29-28?,31-30?;. The second-order valence-corrected chi connectivity index (χ2v) is 9.81. The Kier molecular flexibility index (Phi) is 14.2. The number of carbonyl (C=O) groups is 1. The van der Waals surface area contributed by atoms with Crippen LogP contribution in [0.4, 0.5) is 22.7 Å². The number of benzene rings is 3. The van der Waals surface area contributed by atoms with Crippen LogP contribution in [0.2, 0.25) is 0 Å². The molecule has 3 rings (SSSR count). The molecule has 1 amide bonds. The Balaban J connectivity index is 0.00000560. The maximum absolute atomic E-state index is 12.9. The summed E-state index contributed by atoms with van der Waals surface area (Å²) in [5.74, 6) is -0.122. The van der Waals surface area contributed by atoms with Crippen LogP contribution in [0, 0.1) is 0 Å². The molecule has 0 fully saturated rings. The van der Waals surface area contributed by atoms with Gasteiger partial charge in [-0.05, 0) is 87.3 Å². The predicted octanol–water partition coefficient (Wildman–Crippen LogP) is 4.39. The average Bonchev–Trinajstić information content (AvgIpc) is 2.92. The van der Waals surface area contributed by atoms with E-state index >= 15 is 0 Å². The fourth-order valence-electron chi connectivity index (χ4n) is 2.91. The predicted molar refractivity (Wildman–Crippen MR) is 149 cm³/mol. The van der Waals surface area contributed by atoms with Crippen molar-refractivity contribution in [1.82, 2.24) is 0 Å². The molecule has 0 aliphatic heterocycles. The van der Waals surface area contributed by atoms with Crippen LogP contribution in [0.1, 0.15) is 6.92 Å². The van der Waals surface area contributed by atoms with Crippen LogP contribution in [-0.4, -0.2) is 25.2 Å². The number of rotatable bonds is 11. The van der Waals surface area contributed by atoms with Crippen molar-refractivity contribution in [2.45, 2.75) is 11.8 Å². The largest absolute Gasteiger partial charge is 1.00 e. The summed E-state index contributed by atoms with van der Waals surface area (Å²) in [5, 5.41) is 42.5. The van der Waals surface area contributed by atoms with Crippen LogP contribution in [0.25, 0.3) is 0 Å². The topological polar surface area (TPSA) is 159 Å². The van der Waals surface area contributed by atoms with Gasteiger partial charge < -0.3 is 25.2 Å². The second-order valence-electron chi connectivity index (χ2n) is 7.33. The van der Waals surface area contributed by atoms with Gasteiger partial charge in [0.2, 0.25) is 0 Å². The van der Waals surface area contributed by atoms with Crippen LogP contribution < -0.4 is 49.6 Å². The molecule has 0 unspecified atom stereocenters. The van der Waals surface area contributed by atoms with E-state index in [2.05, 4.69) is 67.0 Å². The molecule has 12 nitrogen and oxygen atoms in total. The molecule has 0 aliphatic carbocycles. The van der Waals surface area contributed by atoms with E-state index in [1.54, 1.807) is 54.6 Å². The first-order chi connectivity index (χ1) is 18.7. The molecule has 0 saturated carbocycles. The van der Waals surface area contributed by atoms with Crippen molar-refractivity contribution in [1.29, 1.82) is 0 Å². The van der Waals surface area contributed by atoms with E-state index in [0.717, 1.165) is 12.0 Å². The molecule has 0 bridgehead atoms. The van der Waals surface area contributed by atoms with Crippen molar-refractivity contribution in [3.63, 3.8) is 0 Å². The zero-order valence-electron chi connectivity index (χ0n) is 21.5. The van der Waals surface area contributed by atoms with Crippen molar-refractivity contribution < 1.29 is 63.6 Å². The molecule has 3 aromatic rings. The average molecular weight is 705 g/mol. The second kappa shape index (κ2) is 16.8. The van der Waals surface area contributed by atoms with Crippen molar-refractivity contribution in [3.05, 3.63) is 75.0 Å². The van der Waals surface area contributed by atoms with Gasteiger partial charge in [-0.15, -0.1) is 10.2 Å². The van der Waals surface area contributed by atoms with Gasteiger partial charge in [-0.1, -0.05) is 0 Å². The molecule has 0 aliphatic rings. The van der Waals surface area contributed by atoms with E-state index < -0.39 is 5.91 Å². The zero-order valence-corrected chi connectivity index (χ0v) is 27.5. The van der Waals surface area contributed by atoms with Gasteiger partial charge in [0.05, 0.1) is 43.3 Å². The SMILES string of the molecule is COc1ccc(NC(=O)/C(N=Nc2c(Br)cc(N=Nc3ccc(SOO[O-])cc3)cc2Br)=C(/C)O)c(OC)c1.[Na+]. The molecular weight excluding hydrogens is 685 g/mol. The fourth-order valence-corrected chi connectivity index (χ4v) is 4.58. The minimum atomic E-state index is -0.698. The van der Waals surface area contributed by atoms with Gasteiger partial charge in [0, 0.05) is 19.9 Å². The number of allylic oxidation sites excluding steroid dienone is 1. The van der Waals surface area contributed by atoms with Crippen molar-refractivity contribution in [2.75, 3.05) is 19.5 Å². The van der Waals surface area contributed by atoms with Gasteiger partial charge in [0.25, 0.3) is 5.91 Å². The van der Waals surface area contributed by atoms with E-state index in [1.165, 1.54) is 21.1 Å². The van der Waals surface area contributed by atoms with Gasteiger partial charge >= 0.3 is 29.6 Å². The van der Waals surface area contributed by atoms with Gasteiger partial charge in [-0.25, -0.2) is 0 Å². The number of nitrogens with zero attached hydrogens (tertiary/aromatic N) is 4. The number of hydrogen-bond acceptors (Lipinski definition) is 12. The summed E-state index contributed by atoms with van der Waals surface area (Å²) in [4.78, 5) is 13.5. The Hall–Kier alpha value is -2.34. The Morgan fingerprint density at radius 1 is 0.950 bits per heavy atom. The number of aliphatic hydroxyl groups excluding tert-OH is 1. The third-order valence-electron chi connectivity index (χ3n) is 4.74. The number of hydrogen-bond donors (Lipinski definition) is 2. The number of azo groups is 2. The van der Waals surface area contributed by atoms with Gasteiger partial charge in [0.1, 0.15) is 22.9 Å². The number of ether oxygens (including phenoxy) is 2. The molecule has 0 radical (unpaired) electrons. The molecule has 0 saturated heterocycles. The van der Waals surface area contributed by atoms with Crippen LogP contribution in [0.15, 0.2) is 100 Å². The molecule has 204 valence electrons. The molecule has 0 aromatic heterocycles. The van der Waals surface area contributed by atoms with Gasteiger partial charge in [-0.2, -0.15) is 14.6 Å². The Labute approximate surface area is 272 Å². The number of aliphatic hydroxyl groups is 1. The van der Waals surface area contributed by atoms with Crippen LogP contribution in [0.3, 0.4) is 0 Å². The summed E-state index contributed by atoms with van der Waals surface area (Å²) in [6.07, 6.45) is 0. The van der Waals surface area contributed by atoms with Crippen molar-refractivity contribution in [2.24, 2.45) is 20.5 Å². The normalized spacial score (nSPS) is 11.8. The molecule has 0 atom stereocenters. The number of nitrogens with one attached hydrogen (secondary N) is 1. The van der Waals surface area contributed by atoms with Crippen molar-refractivity contribution >= 4 is 72.6 Å². The van der Waals surface area contributed by atoms with Gasteiger partial charge in [-0.3, -0.25) is 9.83 Å². The van der Waals surface area contributed by atoms with E-state index in [1.807, 2.05) is 0 Å². The van der Waals surface area contributed by atoms with Crippen molar-refractivity contribution in [3.8, 4) is 11.5 Å². The van der Waals surface area contributed by atoms with Crippen LogP contribution >= 0.6 is 43.9 Å². The van der Waals surface area contributed by atoms with E-state index in [9.17, 15) is 15.2 Å². The van der Waals surface area contributed by atoms with E-state index in [4.69, 9.17) is 9.47 Å². The minimum Gasteiger partial charge on any atom is -0.691 e. The maximum atomic E-state index is 12.9. The smallest absolute Gasteiger partial charge is 0.691 e. The molecule has 40 heavy (non-hydrogen) atoms. The van der Waals surface area contributed by atoms with E-state index in [-0.39, 0.29) is 41.0 Å². The summed E-state index contributed by atoms with van der Waals surface area (Å²) in [7, 11) is 2.97. The molecule has 2 N–H and O–H groups in total. The summed E-state index contributed by atoms with van der Waals surface area (Å²) in [6.45, 7) is 1.32. The third-order valence-corrected chi connectivity index (χ3v) is 6.54. The number of carbonyl (C=O) groups excluding carboxylic acids is 1. The molecule has 3 aromatic carbocycles. The van der Waals surface area contributed by atoms with E-state index in [0.29, 0.717) is 48.1 Å². The monoisotopic (exact) mass is 703 g/mol. The molecule has 16 heteroatoms. The summed E-state index contributed by atoms with van der Waals surface area (Å²) in [6, 6.07) is 14.9. The number of halogens is 2. The zero-order chi connectivity index (χ0) is 28.4. The number of amides is 1. The fraction of sp³-hybridized carbons (Fsp3) is 0.125. The Bertz CT molecular complexity index is 1400. The summed E-state index contributed by atoms with van der Waals surface area (Å²) < 4.78 is 15.7. The Morgan fingerprint density at radius 2 is 1.60 bits per heavy atom. The summed E-state index contributed by atoms with van der Waals surface area (Å²) >= 11 is 7.61. The van der Waals surface area contributed by atoms with Gasteiger partial charge in [0.15, 0.2) is 5.70 Å². The number of methoxy groups -OCH3 is 2. The van der Waals surface area contributed by atoms with Crippen LogP contribution in [0.5, 0.6) is 11.5 Å². The maximum Gasteiger partial charge on any atom is 1.00 e. The third kappa shape index (κ3) is 9.64. The quantitative estimate of drug-likeness (QED) is 0.0566. The minimum absolute atomic E-state index is 0. The first kappa shape index (κ1) is 33.9. The Morgan fingerprint density at radius 3 is 2.17 bits per heavy atom. The number of anilines is 1. The first-order valence-electron chi connectivity index (χ1n) is 10.7. The van der Waals surface area contributed by atoms with Crippen LogP contribution in [-0.2, 0) is 14.2 Å². The first-order valence-corrected chi connectivity index (χ1v) is 13.1.